The van der Waals surface area contributed by atoms with Gasteiger partial charge in [0.05, 0.1) is 12.6 Å². The fraction of sp³-hybridized carbons (Fsp3) is 0.400. The van der Waals surface area contributed by atoms with Crippen LogP contribution in [0, 0.1) is 0 Å². The van der Waals surface area contributed by atoms with E-state index in [1.54, 1.807) is 0 Å². The third-order valence-corrected chi connectivity index (χ3v) is 4.71. The Balaban J connectivity index is 1.65. The highest BCUT2D eigenvalue weighted by atomic mass is 16.5. The molecule has 0 saturated carbocycles. The molecule has 3 heterocycles. The van der Waals surface area contributed by atoms with Crippen molar-refractivity contribution in [1.82, 2.24) is 19.6 Å². The van der Waals surface area contributed by atoms with Crippen molar-refractivity contribution in [3.8, 4) is 0 Å². The first-order valence-corrected chi connectivity index (χ1v) is 8.79. The molecule has 1 aromatic carbocycles. The van der Waals surface area contributed by atoms with Gasteiger partial charge in [-0.05, 0) is 17.7 Å². The summed E-state index contributed by atoms with van der Waals surface area (Å²) in [7, 11) is 0. The highest BCUT2D eigenvalue weighted by Gasteiger charge is 2.30. The normalized spacial score (nSPS) is 18.3. The second-order valence-corrected chi connectivity index (χ2v) is 7.68. The molecule has 0 radical (unpaired) electrons. The quantitative estimate of drug-likeness (QED) is 0.730. The molecule has 2 aromatic heterocycles. The predicted octanol–water partition coefficient (Wildman–Crippen LogP) is 3.77. The first kappa shape index (κ1) is 16.1. The molecule has 0 fully saturated rings. The fourth-order valence-electron chi connectivity index (χ4n) is 3.42. The van der Waals surface area contributed by atoms with E-state index in [0.29, 0.717) is 12.4 Å². The molecule has 25 heavy (non-hydrogen) atoms. The van der Waals surface area contributed by atoms with Crippen LogP contribution in [0.1, 0.15) is 49.8 Å². The number of benzene rings is 1. The molecule has 4 rings (SSSR count). The number of aromatic nitrogens is 3. The molecule has 5 nitrogen and oxygen atoms in total. The van der Waals surface area contributed by atoms with E-state index in [9.17, 15) is 0 Å². The highest BCUT2D eigenvalue weighted by Crippen LogP contribution is 2.33. The molecule has 5 heteroatoms. The molecule has 1 atom stereocenters. The molecule has 0 unspecified atom stereocenters. The molecule has 0 N–H and O–H groups in total. The van der Waals surface area contributed by atoms with Crippen LogP contribution in [-0.4, -0.2) is 26.2 Å². The number of rotatable bonds is 3. The lowest BCUT2D eigenvalue weighted by Gasteiger charge is -2.36. The zero-order valence-electron chi connectivity index (χ0n) is 15.0. The van der Waals surface area contributed by atoms with E-state index in [1.807, 2.05) is 0 Å². The number of nitrogens with zero attached hydrogens (tertiary/aromatic N) is 4. The van der Waals surface area contributed by atoms with Gasteiger partial charge in [-0.3, -0.25) is 4.90 Å². The molecule has 1 aliphatic heterocycles. The number of hydrogen-bond donors (Lipinski definition) is 0. The summed E-state index contributed by atoms with van der Waals surface area (Å²) < 4.78 is 7.81. The maximum atomic E-state index is 5.47. The average molecular weight is 336 g/mol. The molecule has 0 aliphatic carbocycles. The van der Waals surface area contributed by atoms with E-state index in [4.69, 9.17) is 4.52 Å². The molecule has 0 bridgehead atoms. The van der Waals surface area contributed by atoms with Crippen molar-refractivity contribution in [2.24, 2.45) is 0 Å². The minimum absolute atomic E-state index is 0.124. The summed E-state index contributed by atoms with van der Waals surface area (Å²) in [5.41, 5.74) is 2.49. The van der Waals surface area contributed by atoms with Crippen molar-refractivity contribution in [1.29, 1.82) is 0 Å². The van der Waals surface area contributed by atoms with Gasteiger partial charge in [0.25, 0.3) is 0 Å². The molecule has 0 spiro atoms. The summed E-state index contributed by atoms with van der Waals surface area (Å²) in [6.45, 7) is 8.89. The summed E-state index contributed by atoms with van der Waals surface area (Å²) in [6, 6.07) is 15.2. The number of hydrogen-bond acceptors (Lipinski definition) is 4. The van der Waals surface area contributed by atoms with Crippen LogP contribution in [-0.2, 0) is 18.5 Å². The van der Waals surface area contributed by atoms with Crippen molar-refractivity contribution in [2.45, 2.75) is 45.3 Å². The largest absolute Gasteiger partial charge is 0.348 e. The third kappa shape index (κ3) is 3.12. The van der Waals surface area contributed by atoms with Gasteiger partial charge in [-0.1, -0.05) is 56.3 Å². The summed E-state index contributed by atoms with van der Waals surface area (Å²) in [4.78, 5) is 7.05. The lowest BCUT2D eigenvalue weighted by Crippen LogP contribution is -2.38. The zero-order chi connectivity index (χ0) is 17.4. The van der Waals surface area contributed by atoms with Gasteiger partial charge >= 0.3 is 0 Å². The van der Waals surface area contributed by atoms with Crippen LogP contribution in [0.4, 0.5) is 0 Å². The Labute approximate surface area is 148 Å². The monoisotopic (exact) mass is 336 g/mol. The van der Waals surface area contributed by atoms with Crippen molar-refractivity contribution in [3.63, 3.8) is 0 Å². The van der Waals surface area contributed by atoms with Gasteiger partial charge in [-0.15, -0.1) is 0 Å². The summed E-state index contributed by atoms with van der Waals surface area (Å²) in [5, 5.41) is 4.21. The summed E-state index contributed by atoms with van der Waals surface area (Å²) in [5.74, 6) is 1.45. The van der Waals surface area contributed by atoms with Gasteiger partial charge in [0, 0.05) is 30.4 Å². The second kappa shape index (κ2) is 6.15. The Bertz CT molecular complexity index is 844. The van der Waals surface area contributed by atoms with Crippen molar-refractivity contribution in [2.75, 3.05) is 6.54 Å². The molecular weight excluding hydrogens is 312 g/mol. The van der Waals surface area contributed by atoms with Crippen LogP contribution < -0.4 is 0 Å². The minimum atomic E-state index is -0.124. The Morgan fingerprint density at radius 1 is 1.08 bits per heavy atom. The summed E-state index contributed by atoms with van der Waals surface area (Å²) >= 11 is 0. The first-order valence-electron chi connectivity index (χ1n) is 8.79. The van der Waals surface area contributed by atoms with Crippen LogP contribution in [0.2, 0.25) is 0 Å². The molecule has 0 saturated heterocycles. The topological polar surface area (TPSA) is 47.1 Å². The van der Waals surface area contributed by atoms with Crippen LogP contribution in [0.3, 0.4) is 0 Å². The zero-order valence-corrected chi connectivity index (χ0v) is 15.0. The molecule has 0 amide bonds. The van der Waals surface area contributed by atoms with E-state index in [-0.39, 0.29) is 11.5 Å². The average Bonchev–Trinajstić information content (AvgIpc) is 3.24. The Kier molecular flexibility index (Phi) is 3.96. The second-order valence-electron chi connectivity index (χ2n) is 7.68. The Morgan fingerprint density at radius 3 is 2.60 bits per heavy atom. The van der Waals surface area contributed by atoms with Crippen LogP contribution in [0.5, 0.6) is 0 Å². The lowest BCUT2D eigenvalue weighted by molar-refractivity contribution is 0.168. The minimum Gasteiger partial charge on any atom is -0.348 e. The van der Waals surface area contributed by atoms with Gasteiger partial charge in [-0.2, -0.15) is 4.98 Å². The first-order chi connectivity index (χ1) is 12.0. The fourth-order valence-corrected chi connectivity index (χ4v) is 3.42. The maximum absolute atomic E-state index is 5.47. The summed E-state index contributed by atoms with van der Waals surface area (Å²) in [6.07, 6.45) is 2.16. The van der Waals surface area contributed by atoms with Gasteiger partial charge in [0.15, 0.2) is 5.82 Å². The predicted molar refractivity (Wildman–Crippen MR) is 96.1 cm³/mol. The van der Waals surface area contributed by atoms with Crippen LogP contribution >= 0.6 is 0 Å². The maximum Gasteiger partial charge on any atom is 0.232 e. The molecule has 130 valence electrons. The Morgan fingerprint density at radius 2 is 1.88 bits per heavy atom. The van der Waals surface area contributed by atoms with Gasteiger partial charge in [0.2, 0.25) is 5.89 Å². The van der Waals surface area contributed by atoms with Gasteiger partial charge in [-0.25, -0.2) is 0 Å². The highest BCUT2D eigenvalue weighted by molar-refractivity contribution is 5.30. The van der Waals surface area contributed by atoms with Crippen molar-refractivity contribution >= 4 is 0 Å². The van der Waals surface area contributed by atoms with Crippen molar-refractivity contribution < 1.29 is 4.52 Å². The Hall–Kier alpha value is -2.40. The molecular formula is C20H24N4O. The van der Waals surface area contributed by atoms with Gasteiger partial charge in [0.1, 0.15) is 0 Å². The van der Waals surface area contributed by atoms with E-state index in [1.165, 1.54) is 11.3 Å². The van der Waals surface area contributed by atoms with E-state index < -0.39 is 0 Å². The van der Waals surface area contributed by atoms with Crippen molar-refractivity contribution in [3.05, 3.63) is 71.6 Å². The lowest BCUT2D eigenvalue weighted by atomic mass is 9.97. The molecule has 1 aliphatic rings. The van der Waals surface area contributed by atoms with E-state index in [2.05, 4.69) is 89.0 Å². The smallest absolute Gasteiger partial charge is 0.232 e. The van der Waals surface area contributed by atoms with Gasteiger partial charge < -0.3 is 9.09 Å². The van der Waals surface area contributed by atoms with E-state index in [0.717, 1.165) is 18.9 Å². The van der Waals surface area contributed by atoms with Crippen LogP contribution in [0.25, 0.3) is 0 Å². The standard InChI is InChI=1S/C20H24N4O/c1-20(2,3)19-21-17(22-25-19)14-24-13-12-23-11-7-10-16(23)18(24)15-8-5-4-6-9-15/h4-11,18H,12-14H2,1-3H3/t18-/m0/s1. The SMILES string of the molecule is CC(C)(C)c1nc(CN2CCn3cccc3[C@@H]2c2ccccc2)no1. The van der Waals surface area contributed by atoms with Crippen LogP contribution in [0.15, 0.2) is 53.2 Å². The molecule has 3 aromatic rings. The van der Waals surface area contributed by atoms with E-state index >= 15 is 0 Å². The number of fused-ring (bicyclic) bond motifs is 1. The third-order valence-electron chi connectivity index (χ3n) is 4.71.